The van der Waals surface area contributed by atoms with E-state index in [-0.39, 0.29) is 0 Å². The molecule has 0 aliphatic carbocycles. The molecule has 9 aromatic carbocycles. The van der Waals surface area contributed by atoms with Crippen molar-refractivity contribution < 1.29 is 0 Å². The van der Waals surface area contributed by atoms with Crippen LogP contribution in [0.1, 0.15) is 0 Å². The second kappa shape index (κ2) is 8.30. The van der Waals surface area contributed by atoms with Gasteiger partial charge in [-0.25, -0.2) is 0 Å². The summed E-state index contributed by atoms with van der Waals surface area (Å²) in [6.07, 6.45) is 0. The van der Waals surface area contributed by atoms with Crippen molar-refractivity contribution in [2.24, 2.45) is 0 Å². The molecule has 0 bridgehead atoms. The summed E-state index contributed by atoms with van der Waals surface area (Å²) in [5.41, 5.74) is 2.63. The molecule has 0 aromatic heterocycles. The molecule has 9 aromatic rings. The molecule has 0 aliphatic rings. The zero-order valence-corrected chi connectivity index (χ0v) is 20.9. The molecular weight excluding hydrogens is 456 g/mol. The lowest BCUT2D eigenvalue weighted by atomic mass is 9.85. The van der Waals surface area contributed by atoms with E-state index in [1.165, 1.54) is 75.8 Å². The third kappa shape index (κ3) is 3.11. The van der Waals surface area contributed by atoms with Crippen molar-refractivity contribution in [3.63, 3.8) is 0 Å². The van der Waals surface area contributed by atoms with Gasteiger partial charge < -0.3 is 0 Å². The molecule has 0 saturated carbocycles. The molecule has 0 unspecified atom stereocenters. The maximum atomic E-state index is 2.40. The fraction of sp³-hybridized carbons (Fsp3) is 0. The Labute approximate surface area is 221 Å². The Bertz CT molecular complexity index is 2180. The topological polar surface area (TPSA) is 0 Å². The van der Waals surface area contributed by atoms with E-state index in [4.69, 9.17) is 0 Å². The minimum Gasteiger partial charge on any atom is -0.0623 e. The van der Waals surface area contributed by atoms with Crippen molar-refractivity contribution in [2.75, 3.05) is 0 Å². The van der Waals surface area contributed by atoms with Crippen LogP contribution in [0.25, 0.3) is 75.8 Å². The fourth-order valence-electron chi connectivity index (χ4n) is 6.34. The second-order valence-electron chi connectivity index (χ2n) is 10.1. The van der Waals surface area contributed by atoms with Gasteiger partial charge in [-0.15, -0.1) is 0 Å². The van der Waals surface area contributed by atoms with Gasteiger partial charge in [-0.05, 0) is 81.8 Å². The highest BCUT2D eigenvalue weighted by atomic mass is 14.2. The average Bonchev–Trinajstić information content (AvgIpc) is 3.00. The van der Waals surface area contributed by atoms with Crippen LogP contribution < -0.4 is 0 Å². The van der Waals surface area contributed by atoms with Crippen LogP contribution in [0.2, 0.25) is 0 Å². The maximum Gasteiger partial charge on any atom is -0.00206 e. The van der Waals surface area contributed by atoms with Gasteiger partial charge in [-0.3, -0.25) is 0 Å². The second-order valence-corrected chi connectivity index (χ2v) is 10.1. The summed E-state index contributed by atoms with van der Waals surface area (Å²) < 4.78 is 0. The number of rotatable bonds is 1. The summed E-state index contributed by atoms with van der Waals surface area (Å²) in [7, 11) is 0. The van der Waals surface area contributed by atoms with E-state index in [0.717, 1.165) is 0 Å². The quantitative estimate of drug-likeness (QED) is 0.205. The first-order chi connectivity index (χ1) is 18.9. The van der Waals surface area contributed by atoms with Gasteiger partial charge in [-0.1, -0.05) is 140 Å². The summed E-state index contributed by atoms with van der Waals surface area (Å²) in [5.74, 6) is 0. The molecule has 0 spiro atoms. The van der Waals surface area contributed by atoms with Crippen LogP contribution in [-0.4, -0.2) is 0 Å². The summed E-state index contributed by atoms with van der Waals surface area (Å²) in [6, 6.07) is 52.6. The van der Waals surface area contributed by atoms with Gasteiger partial charge in [0.25, 0.3) is 0 Å². The molecule has 0 saturated heterocycles. The molecular formula is C38H24. The lowest BCUT2D eigenvalue weighted by Gasteiger charge is -2.18. The first kappa shape index (κ1) is 21.2. The Morgan fingerprint density at radius 1 is 0.237 bits per heavy atom. The van der Waals surface area contributed by atoms with E-state index in [9.17, 15) is 0 Å². The lowest BCUT2D eigenvalue weighted by molar-refractivity contribution is 1.72. The molecule has 0 fully saturated rings. The van der Waals surface area contributed by atoms with Crippen LogP contribution in [0.3, 0.4) is 0 Å². The van der Waals surface area contributed by atoms with Crippen molar-refractivity contribution in [2.45, 2.75) is 0 Å². The van der Waals surface area contributed by atoms with Gasteiger partial charge >= 0.3 is 0 Å². The molecule has 0 amide bonds. The van der Waals surface area contributed by atoms with Crippen LogP contribution in [-0.2, 0) is 0 Å². The highest BCUT2D eigenvalue weighted by Gasteiger charge is 2.16. The smallest absolute Gasteiger partial charge is 0.00206 e. The summed E-state index contributed by atoms with van der Waals surface area (Å²) >= 11 is 0. The zero-order chi connectivity index (χ0) is 25.1. The van der Waals surface area contributed by atoms with E-state index in [1.807, 2.05) is 36.4 Å². The van der Waals surface area contributed by atoms with Crippen molar-refractivity contribution in [3.05, 3.63) is 146 Å². The Kier molecular flexibility index (Phi) is 4.62. The summed E-state index contributed by atoms with van der Waals surface area (Å²) in [5, 5.41) is 16.1. The lowest BCUT2D eigenvalue weighted by Crippen LogP contribution is -1.90. The average molecular weight is 481 g/mol. The Hall–Kier alpha value is -4.94. The highest BCUT2D eigenvalue weighted by Crippen LogP contribution is 2.44. The van der Waals surface area contributed by atoms with Crippen molar-refractivity contribution >= 4 is 64.6 Å². The van der Waals surface area contributed by atoms with Crippen molar-refractivity contribution in [1.29, 1.82) is 0 Å². The number of hydrogen-bond donors (Lipinski definition) is 0. The van der Waals surface area contributed by atoms with Crippen LogP contribution in [0.5, 0.6) is 0 Å². The van der Waals surface area contributed by atoms with Crippen LogP contribution >= 0.6 is 0 Å². The van der Waals surface area contributed by atoms with Gasteiger partial charge in [0.05, 0.1) is 0 Å². The molecule has 9 rings (SSSR count). The van der Waals surface area contributed by atoms with Crippen LogP contribution in [0.15, 0.2) is 146 Å². The molecule has 0 atom stereocenters. The molecule has 38 heavy (non-hydrogen) atoms. The first-order valence-electron chi connectivity index (χ1n) is 13.2. The number of hydrogen-bond acceptors (Lipinski definition) is 0. The van der Waals surface area contributed by atoms with Crippen molar-refractivity contribution in [1.82, 2.24) is 0 Å². The van der Waals surface area contributed by atoms with Crippen LogP contribution in [0.4, 0.5) is 0 Å². The van der Waals surface area contributed by atoms with Gasteiger partial charge in [-0.2, -0.15) is 0 Å². The largest absolute Gasteiger partial charge is 0.0623 e. The van der Waals surface area contributed by atoms with Gasteiger partial charge in [0.1, 0.15) is 0 Å². The van der Waals surface area contributed by atoms with Crippen molar-refractivity contribution in [3.8, 4) is 11.1 Å². The third-order valence-electron chi connectivity index (χ3n) is 7.99. The fourth-order valence-corrected chi connectivity index (χ4v) is 6.34. The molecule has 0 heteroatoms. The van der Waals surface area contributed by atoms with Gasteiger partial charge in [0.15, 0.2) is 0 Å². The molecule has 176 valence electrons. The first-order valence-corrected chi connectivity index (χ1v) is 13.2. The predicted octanol–water partition coefficient (Wildman–Crippen LogP) is 10.8. The monoisotopic (exact) mass is 480 g/mol. The molecule has 0 aliphatic heterocycles. The number of benzene rings is 9. The summed E-state index contributed by atoms with van der Waals surface area (Å²) in [6.45, 7) is 0. The Morgan fingerprint density at radius 2 is 0.632 bits per heavy atom. The highest BCUT2D eigenvalue weighted by molar-refractivity contribution is 6.30. The van der Waals surface area contributed by atoms with E-state index in [2.05, 4.69) is 109 Å². The Balaban J connectivity index is 0.000000334. The normalized spacial score (nSPS) is 11.7. The molecule has 0 N–H and O–H groups in total. The standard InChI is InChI=1S/C32H18.C6H6/c1-4-19-11-13-23-14-16-25(27-17-15-21(5-1)29(19)32(23)27)28-18-24-8-2-6-20-10-12-22-7-3-9-26(28)31(22)30(20)24;1-2-4-6-5-3-1/h1-18H;1-6H. The maximum absolute atomic E-state index is 2.40. The Morgan fingerprint density at radius 3 is 1.24 bits per heavy atom. The predicted molar refractivity (Wildman–Crippen MR) is 166 cm³/mol. The van der Waals surface area contributed by atoms with E-state index in [0.29, 0.717) is 0 Å². The zero-order valence-electron chi connectivity index (χ0n) is 20.9. The minimum absolute atomic E-state index is 1.31. The molecule has 0 nitrogen and oxygen atoms in total. The summed E-state index contributed by atoms with van der Waals surface area (Å²) in [4.78, 5) is 0. The third-order valence-corrected chi connectivity index (χ3v) is 7.99. The molecule has 0 radical (unpaired) electrons. The van der Waals surface area contributed by atoms with Gasteiger partial charge in [0, 0.05) is 0 Å². The van der Waals surface area contributed by atoms with E-state index < -0.39 is 0 Å². The molecule has 0 heterocycles. The van der Waals surface area contributed by atoms with Crippen LogP contribution in [0, 0.1) is 0 Å². The SMILES string of the molecule is c1cc2ccc3ccc(-c4cc5cccc6ccc7cccc4c7c65)c4ccc(c1)c2c34.c1ccccc1. The minimum atomic E-state index is 1.31. The van der Waals surface area contributed by atoms with E-state index in [1.54, 1.807) is 0 Å². The van der Waals surface area contributed by atoms with Gasteiger partial charge in [0.2, 0.25) is 0 Å². The van der Waals surface area contributed by atoms with E-state index >= 15 is 0 Å².